The molecule has 3 heteroatoms. The van der Waals surface area contributed by atoms with E-state index in [0.29, 0.717) is 0 Å². The van der Waals surface area contributed by atoms with Crippen LogP contribution in [0.25, 0.3) is 0 Å². The van der Waals surface area contributed by atoms with Crippen molar-refractivity contribution in [2.24, 2.45) is 0 Å². The Hall–Kier alpha value is -0.670. The quantitative estimate of drug-likeness (QED) is 0.550. The molecule has 84 valence electrons. The number of thioether (sulfide) groups is 1. The predicted octanol–water partition coefficient (Wildman–Crippen LogP) is 2.82. The van der Waals surface area contributed by atoms with Crippen LogP contribution < -0.4 is 10.6 Å². The van der Waals surface area contributed by atoms with Gasteiger partial charge in [-0.15, -0.1) is 11.8 Å². The molecule has 0 fully saturated rings. The lowest BCUT2D eigenvalue weighted by atomic mass is 10.3. The Morgan fingerprint density at radius 2 is 1.73 bits per heavy atom. The van der Waals surface area contributed by atoms with Gasteiger partial charge in [0, 0.05) is 17.1 Å². The fourth-order valence-electron chi connectivity index (χ4n) is 1.37. The molecule has 15 heavy (non-hydrogen) atoms. The van der Waals surface area contributed by atoms with Gasteiger partial charge in [0.2, 0.25) is 0 Å². The number of benzene rings is 1. The molecule has 0 aliphatic heterocycles. The smallest absolute Gasteiger partial charge is 0.0340 e. The minimum absolute atomic E-state index is 1.06. The Balaban J connectivity index is 2.20. The number of anilines is 1. The minimum Gasteiger partial charge on any atom is -0.385 e. The summed E-state index contributed by atoms with van der Waals surface area (Å²) in [5, 5.41) is 6.57. The zero-order valence-electron chi connectivity index (χ0n) is 9.55. The van der Waals surface area contributed by atoms with Crippen molar-refractivity contribution in [3.63, 3.8) is 0 Å². The van der Waals surface area contributed by atoms with Gasteiger partial charge in [0.15, 0.2) is 0 Å². The third-order valence-electron chi connectivity index (χ3n) is 2.27. The van der Waals surface area contributed by atoms with E-state index in [-0.39, 0.29) is 0 Å². The summed E-state index contributed by atoms with van der Waals surface area (Å²) >= 11 is 1.78. The van der Waals surface area contributed by atoms with Gasteiger partial charge >= 0.3 is 0 Å². The maximum atomic E-state index is 3.42. The number of hydrogen-bond acceptors (Lipinski definition) is 3. The van der Waals surface area contributed by atoms with E-state index in [9.17, 15) is 0 Å². The third kappa shape index (κ3) is 5.09. The highest BCUT2D eigenvalue weighted by Gasteiger charge is 1.92. The van der Waals surface area contributed by atoms with Gasteiger partial charge in [-0.2, -0.15) is 0 Å². The summed E-state index contributed by atoms with van der Waals surface area (Å²) in [6, 6.07) is 8.59. The summed E-state index contributed by atoms with van der Waals surface area (Å²) in [6.45, 7) is 2.16. The van der Waals surface area contributed by atoms with E-state index >= 15 is 0 Å². The lowest BCUT2D eigenvalue weighted by molar-refractivity contribution is 0.694. The van der Waals surface area contributed by atoms with Crippen LogP contribution in [0, 0.1) is 0 Å². The molecule has 0 aliphatic rings. The molecule has 0 atom stereocenters. The van der Waals surface area contributed by atoms with Crippen LogP contribution in [0.3, 0.4) is 0 Å². The second kappa shape index (κ2) is 7.60. The van der Waals surface area contributed by atoms with Gasteiger partial charge in [0.1, 0.15) is 0 Å². The van der Waals surface area contributed by atoms with E-state index in [4.69, 9.17) is 0 Å². The van der Waals surface area contributed by atoms with E-state index in [1.807, 2.05) is 7.05 Å². The summed E-state index contributed by atoms with van der Waals surface area (Å²) in [6.07, 6.45) is 4.54. The van der Waals surface area contributed by atoms with Crippen molar-refractivity contribution >= 4 is 17.4 Å². The lowest BCUT2D eigenvalue weighted by Crippen LogP contribution is -2.10. The maximum absolute atomic E-state index is 3.42. The molecule has 1 aromatic carbocycles. The van der Waals surface area contributed by atoms with E-state index in [2.05, 4.69) is 41.2 Å². The summed E-state index contributed by atoms with van der Waals surface area (Å²) in [5.41, 5.74) is 1.22. The van der Waals surface area contributed by atoms with Crippen LogP contribution in [-0.2, 0) is 0 Å². The van der Waals surface area contributed by atoms with Gasteiger partial charge < -0.3 is 10.6 Å². The van der Waals surface area contributed by atoms with Crippen molar-refractivity contribution in [3.8, 4) is 0 Å². The molecular formula is C12H20N2S. The second-order valence-electron chi connectivity index (χ2n) is 3.47. The highest BCUT2D eigenvalue weighted by atomic mass is 32.2. The molecule has 1 aromatic rings. The van der Waals surface area contributed by atoms with Crippen LogP contribution in [-0.4, -0.2) is 26.4 Å². The van der Waals surface area contributed by atoms with Crippen LogP contribution in [0.2, 0.25) is 0 Å². The fourth-order valence-corrected chi connectivity index (χ4v) is 1.78. The van der Waals surface area contributed by atoms with Gasteiger partial charge in [-0.25, -0.2) is 0 Å². The Morgan fingerprint density at radius 3 is 2.33 bits per heavy atom. The summed E-state index contributed by atoms with van der Waals surface area (Å²) in [4.78, 5) is 1.32. The largest absolute Gasteiger partial charge is 0.385 e. The second-order valence-corrected chi connectivity index (χ2v) is 4.35. The summed E-state index contributed by atoms with van der Waals surface area (Å²) in [5.74, 6) is 0. The first kappa shape index (κ1) is 12.4. The first-order valence-electron chi connectivity index (χ1n) is 5.39. The van der Waals surface area contributed by atoms with E-state index in [1.54, 1.807) is 11.8 Å². The average molecular weight is 224 g/mol. The van der Waals surface area contributed by atoms with E-state index in [0.717, 1.165) is 13.1 Å². The molecule has 2 nitrogen and oxygen atoms in total. The van der Waals surface area contributed by atoms with Crippen LogP contribution in [0.15, 0.2) is 29.2 Å². The molecule has 0 unspecified atom stereocenters. The number of nitrogens with one attached hydrogen (secondary N) is 2. The molecule has 0 aliphatic carbocycles. The minimum atomic E-state index is 1.06. The molecule has 0 spiro atoms. The Bertz CT molecular complexity index is 259. The van der Waals surface area contributed by atoms with Crippen LogP contribution in [0.4, 0.5) is 5.69 Å². The van der Waals surface area contributed by atoms with Gasteiger partial charge in [0.05, 0.1) is 0 Å². The molecule has 0 aromatic heterocycles. The highest BCUT2D eigenvalue weighted by Crippen LogP contribution is 2.17. The van der Waals surface area contributed by atoms with Crippen molar-refractivity contribution in [2.45, 2.75) is 17.7 Å². The standard InChI is InChI=1S/C12H20N2S/c1-13-9-3-4-10-14-11-5-7-12(15-2)8-6-11/h5-8,13-14H,3-4,9-10H2,1-2H3. The molecule has 0 saturated heterocycles. The van der Waals surface area contributed by atoms with Gasteiger partial charge in [-0.1, -0.05) is 0 Å². The van der Waals surface area contributed by atoms with Gasteiger partial charge in [0.25, 0.3) is 0 Å². The molecule has 1 rings (SSSR count). The molecule has 0 radical (unpaired) electrons. The molecule has 0 bridgehead atoms. The van der Waals surface area contributed by atoms with E-state index < -0.39 is 0 Å². The number of rotatable bonds is 7. The average Bonchev–Trinajstić information content (AvgIpc) is 2.30. The Kier molecular flexibility index (Phi) is 6.28. The van der Waals surface area contributed by atoms with Crippen molar-refractivity contribution in [2.75, 3.05) is 31.7 Å². The van der Waals surface area contributed by atoms with E-state index in [1.165, 1.54) is 23.4 Å². The van der Waals surface area contributed by atoms with Crippen LogP contribution in [0.1, 0.15) is 12.8 Å². The first-order chi connectivity index (χ1) is 7.36. The zero-order chi connectivity index (χ0) is 10.9. The summed E-state index contributed by atoms with van der Waals surface area (Å²) < 4.78 is 0. The molecule has 0 saturated carbocycles. The number of hydrogen-bond donors (Lipinski definition) is 2. The number of unbranched alkanes of at least 4 members (excludes halogenated alkanes) is 1. The SMILES string of the molecule is CNCCCCNc1ccc(SC)cc1. The van der Waals surface area contributed by atoms with Crippen LogP contribution >= 0.6 is 11.8 Å². The molecule has 0 heterocycles. The van der Waals surface area contributed by atoms with Crippen LogP contribution in [0.5, 0.6) is 0 Å². The van der Waals surface area contributed by atoms with Gasteiger partial charge in [-0.3, -0.25) is 0 Å². The molecule has 2 N–H and O–H groups in total. The lowest BCUT2D eigenvalue weighted by Gasteiger charge is -2.06. The Labute approximate surface area is 96.8 Å². The van der Waals surface area contributed by atoms with Crippen molar-refractivity contribution in [1.29, 1.82) is 0 Å². The zero-order valence-corrected chi connectivity index (χ0v) is 10.4. The highest BCUT2D eigenvalue weighted by molar-refractivity contribution is 7.98. The van der Waals surface area contributed by atoms with Crippen molar-refractivity contribution in [3.05, 3.63) is 24.3 Å². The maximum Gasteiger partial charge on any atom is 0.0340 e. The fraction of sp³-hybridized carbons (Fsp3) is 0.500. The Morgan fingerprint density at radius 1 is 1.07 bits per heavy atom. The normalized spacial score (nSPS) is 10.3. The first-order valence-corrected chi connectivity index (χ1v) is 6.62. The monoisotopic (exact) mass is 224 g/mol. The summed E-state index contributed by atoms with van der Waals surface area (Å²) in [7, 11) is 1.99. The van der Waals surface area contributed by atoms with Crippen molar-refractivity contribution in [1.82, 2.24) is 5.32 Å². The predicted molar refractivity (Wildman–Crippen MR) is 69.9 cm³/mol. The topological polar surface area (TPSA) is 24.1 Å². The van der Waals surface area contributed by atoms with Gasteiger partial charge in [-0.05, 0) is 57.0 Å². The molecular weight excluding hydrogens is 204 g/mol. The third-order valence-corrected chi connectivity index (χ3v) is 3.02. The molecule has 0 amide bonds. The van der Waals surface area contributed by atoms with Crippen molar-refractivity contribution < 1.29 is 0 Å².